The van der Waals surface area contributed by atoms with Crippen LogP contribution in [0.1, 0.15) is 25.0 Å². The lowest BCUT2D eigenvalue weighted by Crippen LogP contribution is -2.50. The Morgan fingerprint density at radius 3 is 2.42 bits per heavy atom. The van der Waals surface area contributed by atoms with Gasteiger partial charge in [-0.2, -0.15) is 13.2 Å². The minimum absolute atomic E-state index is 0.0660. The first-order valence-corrected chi connectivity index (χ1v) is 10.0. The van der Waals surface area contributed by atoms with Crippen LogP contribution in [0.25, 0.3) is 16.6 Å². The number of carboxylic acid groups (broad SMARTS) is 1. The molecule has 0 unspecified atom stereocenters. The van der Waals surface area contributed by atoms with Gasteiger partial charge in [-0.15, -0.1) is 0 Å². The maximum atomic E-state index is 13.2. The van der Waals surface area contributed by atoms with Crippen molar-refractivity contribution in [3.8, 4) is 11.4 Å². The summed E-state index contributed by atoms with van der Waals surface area (Å²) in [7, 11) is 0. The highest BCUT2D eigenvalue weighted by molar-refractivity contribution is 5.86. The predicted molar refractivity (Wildman–Crippen MR) is 112 cm³/mol. The number of carbonyl (C=O) groups is 1. The Balaban J connectivity index is 1.79. The van der Waals surface area contributed by atoms with Gasteiger partial charge in [0.1, 0.15) is 5.75 Å². The summed E-state index contributed by atoms with van der Waals surface area (Å²) in [4.78, 5) is 13.1. The first kappa shape index (κ1) is 21.1. The standard InChI is InChI=1S/C23H23F3N2O3/c1-13(2)31-19-8-17(27-11-15(12-27)22(29)30)7-18(9-19)28-10-14(3)20-6-16(23(24,25)26)4-5-21(20)28/h4-10,13,15H,11-12H2,1-3H3,(H,29,30). The Kier molecular flexibility index (Phi) is 5.11. The molecule has 1 aliphatic heterocycles. The van der Waals surface area contributed by atoms with Gasteiger partial charge in [0, 0.05) is 42.5 Å². The van der Waals surface area contributed by atoms with Gasteiger partial charge < -0.3 is 19.3 Å². The third kappa shape index (κ3) is 4.06. The summed E-state index contributed by atoms with van der Waals surface area (Å²) in [5.41, 5.74) is 2.26. The molecule has 0 atom stereocenters. The minimum atomic E-state index is -4.40. The lowest BCUT2D eigenvalue weighted by atomic mass is 9.99. The Hall–Kier alpha value is -3.16. The molecule has 1 N–H and O–H groups in total. The Morgan fingerprint density at radius 2 is 1.81 bits per heavy atom. The van der Waals surface area contributed by atoms with Gasteiger partial charge in [-0.3, -0.25) is 4.79 Å². The highest BCUT2D eigenvalue weighted by Gasteiger charge is 2.33. The fourth-order valence-corrected chi connectivity index (χ4v) is 3.86. The van der Waals surface area contributed by atoms with Gasteiger partial charge in [-0.25, -0.2) is 0 Å². The van der Waals surface area contributed by atoms with Crippen molar-refractivity contribution < 1.29 is 27.8 Å². The molecule has 1 aromatic heterocycles. The maximum absolute atomic E-state index is 13.2. The smallest absolute Gasteiger partial charge is 0.416 e. The molecule has 164 valence electrons. The number of aryl methyl sites for hydroxylation is 1. The number of aliphatic carboxylic acids is 1. The molecule has 2 aromatic carbocycles. The molecule has 0 spiro atoms. The quantitative estimate of drug-likeness (QED) is 0.597. The minimum Gasteiger partial charge on any atom is -0.491 e. The van der Waals surface area contributed by atoms with E-state index in [1.54, 1.807) is 13.1 Å². The Labute approximate surface area is 177 Å². The SMILES string of the molecule is Cc1cn(-c2cc(OC(C)C)cc(N3CC(C(=O)O)C3)c2)c2ccc(C(F)(F)F)cc12. The molecule has 0 radical (unpaired) electrons. The summed E-state index contributed by atoms with van der Waals surface area (Å²) in [5.74, 6) is -0.611. The highest BCUT2D eigenvalue weighted by atomic mass is 19.4. The van der Waals surface area contributed by atoms with Gasteiger partial charge in [0.25, 0.3) is 0 Å². The van der Waals surface area contributed by atoms with E-state index in [-0.39, 0.29) is 6.10 Å². The predicted octanol–water partition coefficient (Wildman–Crippen LogP) is 5.27. The number of alkyl halides is 3. The molecule has 1 saturated heterocycles. The van der Waals surface area contributed by atoms with E-state index in [2.05, 4.69) is 0 Å². The third-order valence-electron chi connectivity index (χ3n) is 5.45. The summed E-state index contributed by atoms with van der Waals surface area (Å²) in [6, 6.07) is 9.34. The van der Waals surface area contributed by atoms with Gasteiger partial charge in [-0.05, 0) is 50.6 Å². The van der Waals surface area contributed by atoms with Crippen LogP contribution in [0.4, 0.5) is 18.9 Å². The number of hydrogen-bond acceptors (Lipinski definition) is 3. The molecule has 8 heteroatoms. The molecule has 5 nitrogen and oxygen atoms in total. The molecule has 0 saturated carbocycles. The molecular weight excluding hydrogens is 409 g/mol. The number of nitrogens with zero attached hydrogens (tertiary/aromatic N) is 2. The van der Waals surface area contributed by atoms with Crippen LogP contribution >= 0.6 is 0 Å². The van der Waals surface area contributed by atoms with Crippen LogP contribution in [0.2, 0.25) is 0 Å². The number of ether oxygens (including phenoxy) is 1. The third-order valence-corrected chi connectivity index (χ3v) is 5.45. The van der Waals surface area contributed by atoms with Crippen molar-refractivity contribution in [2.24, 2.45) is 5.92 Å². The normalized spacial score (nSPS) is 14.9. The molecule has 3 aromatic rings. The summed E-state index contributed by atoms with van der Waals surface area (Å²) >= 11 is 0. The Bertz CT molecular complexity index is 1140. The molecular formula is C23H23F3N2O3. The van der Waals surface area contributed by atoms with Crippen molar-refractivity contribution in [3.63, 3.8) is 0 Å². The van der Waals surface area contributed by atoms with Crippen molar-refractivity contribution in [2.45, 2.75) is 33.1 Å². The number of anilines is 1. The van der Waals surface area contributed by atoms with Gasteiger partial charge in [0.05, 0.1) is 28.8 Å². The first-order valence-electron chi connectivity index (χ1n) is 10.0. The molecule has 0 aliphatic carbocycles. The average molecular weight is 432 g/mol. The topological polar surface area (TPSA) is 54.7 Å². The number of benzene rings is 2. The molecule has 1 aliphatic rings. The average Bonchev–Trinajstić information content (AvgIpc) is 2.95. The number of carboxylic acids is 1. The number of hydrogen-bond donors (Lipinski definition) is 1. The van der Waals surface area contributed by atoms with Crippen molar-refractivity contribution in [1.82, 2.24) is 4.57 Å². The first-order chi connectivity index (χ1) is 14.5. The second kappa shape index (κ2) is 7.51. The van der Waals surface area contributed by atoms with E-state index in [1.165, 1.54) is 12.1 Å². The molecule has 1 fully saturated rings. The molecule has 0 bridgehead atoms. The van der Waals surface area contributed by atoms with Crippen LogP contribution in [0.15, 0.2) is 42.6 Å². The van der Waals surface area contributed by atoms with Crippen LogP contribution < -0.4 is 9.64 Å². The van der Waals surface area contributed by atoms with Crippen LogP contribution in [-0.2, 0) is 11.0 Å². The second-order valence-corrected chi connectivity index (χ2v) is 8.20. The molecule has 31 heavy (non-hydrogen) atoms. The molecule has 0 amide bonds. The van der Waals surface area contributed by atoms with Crippen LogP contribution in [0.5, 0.6) is 5.75 Å². The zero-order chi connectivity index (χ0) is 22.5. The van der Waals surface area contributed by atoms with E-state index in [9.17, 15) is 18.0 Å². The fourth-order valence-electron chi connectivity index (χ4n) is 3.86. The molecule has 4 rings (SSSR count). The van der Waals surface area contributed by atoms with E-state index in [1.807, 2.05) is 41.5 Å². The van der Waals surface area contributed by atoms with Gasteiger partial charge in [-0.1, -0.05) is 0 Å². The highest BCUT2D eigenvalue weighted by Crippen LogP contribution is 2.36. The van der Waals surface area contributed by atoms with Crippen LogP contribution in [0.3, 0.4) is 0 Å². The Morgan fingerprint density at radius 1 is 1.13 bits per heavy atom. The van der Waals surface area contributed by atoms with Gasteiger partial charge in [0.15, 0.2) is 0 Å². The van der Waals surface area contributed by atoms with E-state index in [0.29, 0.717) is 29.7 Å². The van der Waals surface area contributed by atoms with Gasteiger partial charge in [0.2, 0.25) is 0 Å². The zero-order valence-electron chi connectivity index (χ0n) is 17.4. The van der Waals surface area contributed by atoms with Crippen LogP contribution in [0, 0.1) is 12.8 Å². The number of rotatable bonds is 5. The van der Waals surface area contributed by atoms with E-state index in [0.717, 1.165) is 23.0 Å². The largest absolute Gasteiger partial charge is 0.491 e. The van der Waals surface area contributed by atoms with Crippen LogP contribution in [-0.4, -0.2) is 34.8 Å². The molecule has 2 heterocycles. The fraction of sp³-hybridized carbons (Fsp3) is 0.348. The van der Waals surface area contributed by atoms with E-state index < -0.39 is 23.6 Å². The van der Waals surface area contributed by atoms with Crippen molar-refractivity contribution in [1.29, 1.82) is 0 Å². The maximum Gasteiger partial charge on any atom is 0.416 e. The van der Waals surface area contributed by atoms with Crippen molar-refractivity contribution in [3.05, 3.63) is 53.7 Å². The number of fused-ring (bicyclic) bond motifs is 1. The van der Waals surface area contributed by atoms with E-state index in [4.69, 9.17) is 9.84 Å². The summed E-state index contributed by atoms with van der Waals surface area (Å²) in [5, 5.41) is 9.70. The lowest BCUT2D eigenvalue weighted by molar-refractivity contribution is -0.142. The monoisotopic (exact) mass is 432 g/mol. The van der Waals surface area contributed by atoms with Crippen molar-refractivity contribution >= 4 is 22.6 Å². The number of halogens is 3. The number of aromatic nitrogens is 1. The summed E-state index contributed by atoms with van der Waals surface area (Å²) in [6.45, 7) is 6.40. The lowest BCUT2D eigenvalue weighted by Gasteiger charge is -2.39. The van der Waals surface area contributed by atoms with Gasteiger partial charge >= 0.3 is 12.1 Å². The summed E-state index contributed by atoms with van der Waals surface area (Å²) in [6.07, 6.45) is -2.66. The van der Waals surface area contributed by atoms with E-state index >= 15 is 0 Å². The summed E-state index contributed by atoms with van der Waals surface area (Å²) < 4.78 is 47.2. The second-order valence-electron chi connectivity index (χ2n) is 8.20. The zero-order valence-corrected chi connectivity index (χ0v) is 17.4. The van der Waals surface area contributed by atoms with Crippen molar-refractivity contribution in [2.75, 3.05) is 18.0 Å².